The minimum absolute atomic E-state index is 0.0994. The maximum atomic E-state index is 13.1. The summed E-state index contributed by atoms with van der Waals surface area (Å²) in [6, 6.07) is 0. The Morgan fingerprint density at radius 2 is 0.490 bits per heavy atom. The highest BCUT2D eigenvalue weighted by atomic mass is 31.2. The third kappa shape index (κ3) is 73.3. The topological polar surface area (TPSA) is 237 Å². The van der Waals surface area contributed by atoms with Crippen molar-refractivity contribution in [3.8, 4) is 0 Å². The molecule has 0 saturated heterocycles. The molecule has 5 atom stereocenters. The molecule has 0 aromatic carbocycles. The van der Waals surface area contributed by atoms with Gasteiger partial charge in [-0.15, -0.1) is 0 Å². The molecule has 0 bridgehead atoms. The van der Waals surface area contributed by atoms with Gasteiger partial charge in [-0.05, 0) is 89.9 Å². The predicted molar refractivity (Wildman–Crippen MR) is 409 cm³/mol. The highest BCUT2D eigenvalue weighted by molar-refractivity contribution is 7.47. The van der Waals surface area contributed by atoms with Gasteiger partial charge in [0.1, 0.15) is 19.3 Å². The van der Waals surface area contributed by atoms with Gasteiger partial charge in [0.05, 0.1) is 26.4 Å². The van der Waals surface area contributed by atoms with Gasteiger partial charge < -0.3 is 33.8 Å². The van der Waals surface area contributed by atoms with Crippen molar-refractivity contribution in [2.24, 2.45) is 0 Å². The Morgan fingerprint density at radius 3 is 0.760 bits per heavy atom. The molecule has 19 heteroatoms. The first-order chi connectivity index (χ1) is 48.7. The van der Waals surface area contributed by atoms with Gasteiger partial charge in [0, 0.05) is 25.7 Å². The van der Waals surface area contributed by atoms with Crippen LogP contribution in [0.5, 0.6) is 0 Å². The molecule has 3 N–H and O–H groups in total. The van der Waals surface area contributed by atoms with Crippen LogP contribution in [-0.4, -0.2) is 96.7 Å². The second kappa shape index (κ2) is 74.3. The Hall–Kier alpha value is -2.98. The molecule has 0 amide bonds. The van der Waals surface area contributed by atoms with E-state index in [0.717, 1.165) is 141 Å². The average molecular weight is 1460 g/mol. The van der Waals surface area contributed by atoms with E-state index in [2.05, 4.69) is 76.3 Å². The molecule has 0 rings (SSSR count). The molecule has 0 heterocycles. The molecule has 0 fully saturated rings. The summed E-state index contributed by atoms with van der Waals surface area (Å²) >= 11 is 0. The van der Waals surface area contributed by atoms with Crippen LogP contribution in [0.25, 0.3) is 0 Å². The van der Waals surface area contributed by atoms with E-state index in [1.807, 2.05) is 0 Å². The molecule has 586 valence electrons. The van der Waals surface area contributed by atoms with Crippen LogP contribution in [0.4, 0.5) is 0 Å². The van der Waals surface area contributed by atoms with Gasteiger partial charge in [-0.25, -0.2) is 9.13 Å². The number of aliphatic hydroxyl groups is 1. The summed E-state index contributed by atoms with van der Waals surface area (Å²) in [5, 5.41) is 10.6. The van der Waals surface area contributed by atoms with Gasteiger partial charge in [-0.3, -0.25) is 37.3 Å². The molecule has 0 saturated carbocycles. The minimum atomic E-state index is -4.97. The molecule has 0 spiro atoms. The molecule has 2 unspecified atom stereocenters. The number of carbonyl (C=O) groups excluding carboxylic acids is 4. The molecule has 0 aliphatic carbocycles. The average Bonchev–Trinajstić information content (AvgIpc) is 0.958. The van der Waals surface area contributed by atoms with E-state index in [1.165, 1.54) is 167 Å². The van der Waals surface area contributed by atoms with Crippen molar-refractivity contribution in [3.05, 3.63) is 48.6 Å². The quantitative estimate of drug-likeness (QED) is 0.0169. The standard InChI is InChI=1S/C81H150O17P2/c1-5-9-13-17-21-25-29-33-36-37-40-44-48-52-56-60-64-68-81(86)98-77(72-92-79(84)66-62-58-54-50-46-43-39-35-31-27-23-19-15-11-7-3)74-96-100(89,90)94-70-75(82)69-93-99(87,88)95-73-76(97-80(85)67-63-59-55-51-47-41-32-28-24-20-16-12-8-4)71-91-78(83)65-61-57-53-49-45-42-38-34-30-26-22-18-14-10-6-2/h22-23,26-27,34-35,38-39,75-77,82H,5-21,24-25,28-33,36-37,40-74H2,1-4H3,(H,87,88)(H,89,90)/b26-22-,27-23-,38-34-,39-35-/t75-,76-,77-/m1/s1. The van der Waals surface area contributed by atoms with Gasteiger partial charge in [0.2, 0.25) is 0 Å². The monoisotopic (exact) mass is 1460 g/mol. The molecular weight excluding hydrogens is 1310 g/mol. The molecule has 0 aromatic rings. The number of unbranched alkanes of at least 4 members (excludes halogenated alkanes) is 44. The van der Waals surface area contributed by atoms with Crippen molar-refractivity contribution >= 4 is 39.5 Å². The van der Waals surface area contributed by atoms with Crippen molar-refractivity contribution < 1.29 is 80.2 Å². The van der Waals surface area contributed by atoms with Crippen molar-refractivity contribution in [3.63, 3.8) is 0 Å². The summed E-state index contributed by atoms with van der Waals surface area (Å²) in [5.74, 6) is -2.16. The molecular formula is C81H150O17P2. The Balaban J connectivity index is 5.32. The van der Waals surface area contributed by atoms with Gasteiger partial charge in [-0.1, -0.05) is 320 Å². The Kier molecular flexibility index (Phi) is 72.1. The zero-order valence-corrected chi connectivity index (χ0v) is 65.9. The number of rotatable bonds is 78. The van der Waals surface area contributed by atoms with Gasteiger partial charge in [0.25, 0.3) is 0 Å². The summed E-state index contributed by atoms with van der Waals surface area (Å²) in [6.45, 7) is 4.89. The molecule has 0 aliphatic rings. The van der Waals surface area contributed by atoms with E-state index in [4.69, 9.17) is 37.0 Å². The van der Waals surface area contributed by atoms with Crippen LogP contribution in [-0.2, 0) is 65.4 Å². The number of hydrogen-bond donors (Lipinski definition) is 3. The highest BCUT2D eigenvalue weighted by Crippen LogP contribution is 2.45. The molecule has 0 aliphatic heterocycles. The van der Waals surface area contributed by atoms with Crippen molar-refractivity contribution in [1.29, 1.82) is 0 Å². The van der Waals surface area contributed by atoms with E-state index in [1.54, 1.807) is 0 Å². The zero-order chi connectivity index (χ0) is 73.2. The molecule has 17 nitrogen and oxygen atoms in total. The van der Waals surface area contributed by atoms with Crippen LogP contribution < -0.4 is 0 Å². The third-order valence-corrected chi connectivity index (χ3v) is 19.7. The second-order valence-electron chi connectivity index (χ2n) is 27.7. The number of esters is 4. The van der Waals surface area contributed by atoms with Crippen LogP contribution in [0.1, 0.15) is 387 Å². The van der Waals surface area contributed by atoms with Gasteiger partial charge >= 0.3 is 39.5 Å². The first kappa shape index (κ1) is 97.0. The largest absolute Gasteiger partial charge is 0.472 e. The fourth-order valence-electron chi connectivity index (χ4n) is 11.5. The number of allylic oxidation sites excluding steroid dienone is 8. The normalized spacial score (nSPS) is 14.1. The van der Waals surface area contributed by atoms with E-state index in [-0.39, 0.29) is 25.7 Å². The lowest BCUT2D eigenvalue weighted by Gasteiger charge is -2.21. The van der Waals surface area contributed by atoms with Crippen LogP contribution in [0.2, 0.25) is 0 Å². The summed E-state index contributed by atoms with van der Waals surface area (Å²) in [4.78, 5) is 73.0. The third-order valence-electron chi connectivity index (χ3n) is 17.8. The van der Waals surface area contributed by atoms with Gasteiger partial charge in [-0.2, -0.15) is 0 Å². The minimum Gasteiger partial charge on any atom is -0.462 e. The highest BCUT2D eigenvalue weighted by Gasteiger charge is 2.30. The summed E-state index contributed by atoms with van der Waals surface area (Å²) in [7, 11) is -9.94. The fourth-order valence-corrected chi connectivity index (χ4v) is 13.1. The Morgan fingerprint density at radius 1 is 0.280 bits per heavy atom. The van der Waals surface area contributed by atoms with Crippen LogP contribution in [0, 0.1) is 0 Å². The van der Waals surface area contributed by atoms with E-state index in [0.29, 0.717) is 25.7 Å². The summed E-state index contributed by atoms with van der Waals surface area (Å²) in [6.07, 6.45) is 72.2. The number of carbonyl (C=O) groups is 4. The van der Waals surface area contributed by atoms with Gasteiger partial charge in [0.15, 0.2) is 12.2 Å². The molecule has 100 heavy (non-hydrogen) atoms. The zero-order valence-electron chi connectivity index (χ0n) is 64.1. The number of phosphoric ester groups is 2. The predicted octanol–water partition coefficient (Wildman–Crippen LogP) is 23.7. The lowest BCUT2D eigenvalue weighted by atomic mass is 10.0. The maximum absolute atomic E-state index is 13.1. The first-order valence-corrected chi connectivity index (χ1v) is 43.9. The number of hydrogen-bond acceptors (Lipinski definition) is 15. The summed E-state index contributed by atoms with van der Waals surface area (Å²) in [5.41, 5.74) is 0. The SMILES string of the molecule is CCCCC/C=C\C/C=C\CCCCCCCC(=O)OC[C@H](COP(=O)(O)OC[C@@H](O)COP(=O)(O)OC[C@@H](COC(=O)CCCCCCC/C=C\C/C=C\CCCCC)OC(=O)CCCCCCCCCCCCCCCCCCC)OC(=O)CCCCCCCCCCCCCCC. The summed E-state index contributed by atoms with van der Waals surface area (Å²) < 4.78 is 68.7. The van der Waals surface area contributed by atoms with Crippen molar-refractivity contribution in [2.75, 3.05) is 39.6 Å². The van der Waals surface area contributed by atoms with E-state index < -0.39 is 97.5 Å². The van der Waals surface area contributed by atoms with Crippen molar-refractivity contribution in [1.82, 2.24) is 0 Å². The van der Waals surface area contributed by atoms with Crippen LogP contribution in [0.15, 0.2) is 48.6 Å². The Bertz CT molecular complexity index is 2080. The van der Waals surface area contributed by atoms with E-state index in [9.17, 15) is 43.2 Å². The smallest absolute Gasteiger partial charge is 0.462 e. The Labute approximate surface area is 610 Å². The lowest BCUT2D eigenvalue weighted by Crippen LogP contribution is -2.30. The number of ether oxygens (including phenoxy) is 4. The van der Waals surface area contributed by atoms with Crippen LogP contribution >= 0.6 is 15.6 Å². The molecule has 0 aromatic heterocycles. The van der Waals surface area contributed by atoms with E-state index >= 15 is 0 Å². The lowest BCUT2D eigenvalue weighted by molar-refractivity contribution is -0.161. The second-order valence-corrected chi connectivity index (χ2v) is 30.6. The molecule has 0 radical (unpaired) electrons. The first-order valence-electron chi connectivity index (χ1n) is 40.9. The fraction of sp³-hybridized carbons (Fsp3) is 0.852. The van der Waals surface area contributed by atoms with Crippen molar-refractivity contribution in [2.45, 2.75) is 406 Å². The number of aliphatic hydroxyl groups excluding tert-OH is 1. The van der Waals surface area contributed by atoms with Crippen LogP contribution in [0.3, 0.4) is 0 Å². The maximum Gasteiger partial charge on any atom is 0.472 e. The number of phosphoric acid groups is 2.